The van der Waals surface area contributed by atoms with Crippen LogP contribution in [0.15, 0.2) is 78.9 Å². The SMILES string of the molecule is COc1ccc(C(=CC(=O)c2ccc(O)cc2)COc2ccc(F)cc2)cc1. The van der Waals surface area contributed by atoms with E-state index < -0.39 is 0 Å². The van der Waals surface area contributed by atoms with Crippen LogP contribution in [0.2, 0.25) is 0 Å². The molecule has 0 aliphatic rings. The molecular weight excluding hydrogens is 359 g/mol. The number of halogens is 1. The minimum Gasteiger partial charge on any atom is -0.508 e. The van der Waals surface area contributed by atoms with Crippen LogP contribution in [0.3, 0.4) is 0 Å². The Hall–Kier alpha value is -3.60. The minimum absolute atomic E-state index is 0.0931. The van der Waals surface area contributed by atoms with Crippen molar-refractivity contribution in [2.45, 2.75) is 0 Å². The van der Waals surface area contributed by atoms with Crippen LogP contribution < -0.4 is 9.47 Å². The van der Waals surface area contributed by atoms with E-state index in [0.29, 0.717) is 22.6 Å². The van der Waals surface area contributed by atoms with Gasteiger partial charge in [-0.3, -0.25) is 4.79 Å². The molecule has 3 aromatic carbocycles. The second-order valence-corrected chi connectivity index (χ2v) is 6.05. The van der Waals surface area contributed by atoms with Crippen LogP contribution in [0.5, 0.6) is 17.2 Å². The van der Waals surface area contributed by atoms with Crippen molar-refractivity contribution in [2.24, 2.45) is 0 Å². The number of hydrogen-bond donors (Lipinski definition) is 1. The van der Waals surface area contributed by atoms with Crippen molar-refractivity contribution in [1.29, 1.82) is 0 Å². The quantitative estimate of drug-likeness (QED) is 0.470. The van der Waals surface area contributed by atoms with E-state index in [4.69, 9.17) is 9.47 Å². The van der Waals surface area contributed by atoms with Crippen LogP contribution in [-0.2, 0) is 0 Å². The summed E-state index contributed by atoms with van der Waals surface area (Å²) in [5.41, 5.74) is 1.91. The number of ketones is 1. The highest BCUT2D eigenvalue weighted by Crippen LogP contribution is 2.22. The van der Waals surface area contributed by atoms with Gasteiger partial charge in [0, 0.05) is 11.1 Å². The number of aromatic hydroxyl groups is 1. The second-order valence-electron chi connectivity index (χ2n) is 6.05. The summed E-state index contributed by atoms with van der Waals surface area (Å²) in [5, 5.41) is 9.39. The van der Waals surface area contributed by atoms with Gasteiger partial charge in [0.15, 0.2) is 5.78 Å². The van der Waals surface area contributed by atoms with Crippen molar-refractivity contribution in [3.8, 4) is 17.2 Å². The van der Waals surface area contributed by atoms with Crippen LogP contribution in [-0.4, -0.2) is 24.6 Å². The van der Waals surface area contributed by atoms with Gasteiger partial charge in [-0.15, -0.1) is 0 Å². The molecule has 28 heavy (non-hydrogen) atoms. The molecule has 0 aromatic heterocycles. The van der Waals surface area contributed by atoms with Gasteiger partial charge in [0.25, 0.3) is 0 Å². The topological polar surface area (TPSA) is 55.8 Å². The summed E-state index contributed by atoms with van der Waals surface area (Å²) in [5.74, 6) is 0.732. The fourth-order valence-electron chi connectivity index (χ4n) is 2.57. The van der Waals surface area contributed by atoms with Gasteiger partial charge in [-0.2, -0.15) is 0 Å². The van der Waals surface area contributed by atoms with Crippen LogP contribution in [0, 0.1) is 5.82 Å². The third kappa shape index (κ3) is 4.98. The minimum atomic E-state index is -0.347. The number of ether oxygens (including phenoxy) is 2. The van der Waals surface area contributed by atoms with Gasteiger partial charge in [-0.05, 0) is 72.3 Å². The van der Waals surface area contributed by atoms with Crippen LogP contribution in [0.1, 0.15) is 15.9 Å². The number of rotatable bonds is 7. The maximum atomic E-state index is 13.1. The van der Waals surface area contributed by atoms with Gasteiger partial charge in [-0.1, -0.05) is 12.1 Å². The van der Waals surface area contributed by atoms with Gasteiger partial charge < -0.3 is 14.6 Å². The highest BCUT2D eigenvalue weighted by molar-refractivity contribution is 6.08. The molecule has 0 saturated carbocycles. The van der Waals surface area contributed by atoms with Gasteiger partial charge in [0.1, 0.15) is 29.7 Å². The van der Waals surface area contributed by atoms with Crippen molar-refractivity contribution in [3.63, 3.8) is 0 Å². The van der Waals surface area contributed by atoms with Gasteiger partial charge in [-0.25, -0.2) is 4.39 Å². The molecule has 4 nitrogen and oxygen atoms in total. The predicted molar refractivity (Wildman–Crippen MR) is 105 cm³/mol. The summed E-state index contributed by atoms with van der Waals surface area (Å²) >= 11 is 0. The number of carbonyl (C=O) groups excluding carboxylic acids is 1. The first-order valence-electron chi connectivity index (χ1n) is 8.62. The maximum absolute atomic E-state index is 13.1. The van der Waals surface area contributed by atoms with E-state index in [1.54, 1.807) is 31.4 Å². The van der Waals surface area contributed by atoms with E-state index >= 15 is 0 Å². The number of hydrogen-bond acceptors (Lipinski definition) is 4. The maximum Gasteiger partial charge on any atom is 0.186 e. The Bertz CT molecular complexity index is 959. The monoisotopic (exact) mass is 378 g/mol. The Balaban J connectivity index is 1.86. The van der Waals surface area contributed by atoms with E-state index in [1.165, 1.54) is 42.5 Å². The molecule has 5 heteroatoms. The summed E-state index contributed by atoms with van der Waals surface area (Å²) in [6.45, 7) is 0.127. The zero-order chi connectivity index (χ0) is 19.9. The van der Waals surface area contributed by atoms with Gasteiger partial charge in [0.2, 0.25) is 0 Å². The molecule has 0 bridgehead atoms. The van der Waals surface area contributed by atoms with Crippen LogP contribution in [0.25, 0.3) is 5.57 Å². The first-order chi connectivity index (χ1) is 13.5. The highest BCUT2D eigenvalue weighted by atomic mass is 19.1. The summed E-state index contributed by atoms with van der Waals surface area (Å²) < 4.78 is 24.0. The van der Waals surface area contributed by atoms with Crippen molar-refractivity contribution >= 4 is 11.4 Å². The Morgan fingerprint density at radius 3 is 2.07 bits per heavy atom. The molecule has 0 fully saturated rings. The lowest BCUT2D eigenvalue weighted by Gasteiger charge is -2.11. The fraction of sp³-hybridized carbons (Fsp3) is 0.0870. The fourth-order valence-corrected chi connectivity index (χ4v) is 2.57. The normalized spacial score (nSPS) is 11.1. The molecule has 0 unspecified atom stereocenters. The van der Waals surface area contributed by atoms with Gasteiger partial charge >= 0.3 is 0 Å². The van der Waals surface area contributed by atoms with E-state index in [1.807, 2.05) is 12.1 Å². The van der Waals surface area contributed by atoms with Crippen molar-refractivity contribution in [2.75, 3.05) is 13.7 Å². The molecular formula is C23H19FO4. The molecule has 142 valence electrons. The average molecular weight is 378 g/mol. The molecule has 0 saturated heterocycles. The third-order valence-electron chi connectivity index (χ3n) is 4.13. The first-order valence-corrected chi connectivity index (χ1v) is 8.62. The van der Waals surface area contributed by atoms with Crippen LogP contribution >= 0.6 is 0 Å². The smallest absolute Gasteiger partial charge is 0.186 e. The highest BCUT2D eigenvalue weighted by Gasteiger charge is 2.09. The lowest BCUT2D eigenvalue weighted by molar-refractivity contribution is 0.104. The van der Waals surface area contributed by atoms with Crippen molar-refractivity contribution in [1.82, 2.24) is 0 Å². The van der Waals surface area contributed by atoms with E-state index in [9.17, 15) is 14.3 Å². The number of benzene rings is 3. The number of phenolic OH excluding ortho intramolecular Hbond substituents is 1. The molecule has 0 atom stereocenters. The van der Waals surface area contributed by atoms with Gasteiger partial charge in [0.05, 0.1) is 7.11 Å². The molecule has 0 spiro atoms. The Morgan fingerprint density at radius 1 is 0.893 bits per heavy atom. The zero-order valence-electron chi connectivity index (χ0n) is 15.3. The average Bonchev–Trinajstić information content (AvgIpc) is 2.72. The number of carbonyl (C=O) groups is 1. The zero-order valence-corrected chi connectivity index (χ0v) is 15.3. The van der Waals surface area contributed by atoms with E-state index in [2.05, 4.69) is 0 Å². The summed E-state index contributed by atoms with van der Waals surface area (Å²) in [4.78, 5) is 12.6. The second kappa shape index (κ2) is 8.86. The van der Waals surface area contributed by atoms with E-state index in [-0.39, 0.29) is 24.0 Å². The number of allylic oxidation sites excluding steroid dienone is 1. The Labute approximate surface area is 162 Å². The Morgan fingerprint density at radius 2 is 1.46 bits per heavy atom. The largest absolute Gasteiger partial charge is 0.508 e. The molecule has 3 aromatic rings. The molecule has 0 heterocycles. The first kappa shape index (κ1) is 19.2. The molecule has 0 radical (unpaired) electrons. The number of phenols is 1. The standard InChI is InChI=1S/C23H19FO4/c1-27-21-10-4-16(5-11-21)18(15-28-22-12-6-19(24)7-13-22)14-23(26)17-2-8-20(25)9-3-17/h2-14,25H,15H2,1H3. The van der Waals surface area contributed by atoms with Crippen molar-refractivity contribution in [3.05, 3.63) is 95.8 Å². The van der Waals surface area contributed by atoms with Crippen molar-refractivity contribution < 1.29 is 23.8 Å². The predicted octanol–water partition coefficient (Wildman–Crippen LogP) is 4.89. The van der Waals surface area contributed by atoms with Crippen LogP contribution in [0.4, 0.5) is 4.39 Å². The molecule has 3 rings (SSSR count). The summed E-state index contributed by atoms with van der Waals surface area (Å²) in [7, 11) is 1.58. The lowest BCUT2D eigenvalue weighted by Crippen LogP contribution is -2.04. The third-order valence-corrected chi connectivity index (χ3v) is 4.13. The molecule has 1 N–H and O–H groups in total. The number of methoxy groups -OCH3 is 1. The lowest BCUT2D eigenvalue weighted by atomic mass is 10.0. The van der Waals surface area contributed by atoms with E-state index in [0.717, 1.165) is 5.56 Å². The summed E-state index contributed by atoms with van der Waals surface area (Å²) in [6, 6.07) is 19.0. The Kier molecular flexibility index (Phi) is 6.07. The molecule has 0 aliphatic carbocycles. The molecule has 0 amide bonds. The summed E-state index contributed by atoms with van der Waals surface area (Å²) in [6.07, 6.45) is 1.50. The molecule has 0 aliphatic heterocycles.